The molecule has 1 aromatic heterocycles. The highest BCUT2D eigenvalue weighted by molar-refractivity contribution is 5.84. The molecule has 0 saturated carbocycles. The van der Waals surface area contributed by atoms with Crippen LogP contribution in [0.2, 0.25) is 0 Å². The van der Waals surface area contributed by atoms with Crippen LogP contribution < -0.4 is 4.74 Å². The largest absolute Gasteiger partial charge is 0.493 e. The number of aromatic nitrogens is 1. The van der Waals surface area contributed by atoms with E-state index in [1.54, 1.807) is 19.3 Å². The number of ketones is 1. The third-order valence-corrected chi connectivity index (χ3v) is 4.40. The van der Waals surface area contributed by atoms with E-state index in [9.17, 15) is 9.59 Å². The summed E-state index contributed by atoms with van der Waals surface area (Å²) >= 11 is 0. The molecule has 3 rings (SSSR count). The first-order valence-corrected chi connectivity index (χ1v) is 9.30. The summed E-state index contributed by atoms with van der Waals surface area (Å²) in [5.41, 5.74) is 1.97. The lowest BCUT2D eigenvalue weighted by Crippen LogP contribution is -2.10. The van der Waals surface area contributed by atoms with Crippen LogP contribution in [0.1, 0.15) is 30.9 Å². The van der Waals surface area contributed by atoms with Crippen LogP contribution in [0.3, 0.4) is 0 Å². The van der Waals surface area contributed by atoms with Gasteiger partial charge in [-0.1, -0.05) is 36.4 Å². The van der Waals surface area contributed by atoms with E-state index < -0.39 is 0 Å². The van der Waals surface area contributed by atoms with Crippen molar-refractivity contribution < 1.29 is 19.1 Å². The molecule has 5 heteroatoms. The molecule has 144 valence electrons. The Balaban J connectivity index is 1.42. The molecule has 0 aliphatic carbocycles. The number of benzene rings is 2. The molecule has 5 nitrogen and oxygen atoms in total. The topological polar surface area (TPSA) is 65.5 Å². The molecule has 0 atom stereocenters. The average molecular weight is 377 g/mol. The zero-order chi connectivity index (χ0) is 19.8. The standard InChI is InChI=1S/C23H23NO4/c1-17(25)6-7-18-8-10-21(11-9-18)27-13-12-23(26)28-16-20-15-24-14-19-4-2-3-5-22(19)20/h2-5,8-11,14-15H,6-7,12-13,16H2,1H3. The summed E-state index contributed by atoms with van der Waals surface area (Å²) in [7, 11) is 0. The van der Waals surface area contributed by atoms with Gasteiger partial charge in [-0.15, -0.1) is 0 Å². The first-order chi connectivity index (χ1) is 13.6. The van der Waals surface area contributed by atoms with Gasteiger partial charge < -0.3 is 14.3 Å². The number of Topliss-reactive ketones (excluding diaryl/α,β-unsaturated/α-hetero) is 1. The zero-order valence-corrected chi connectivity index (χ0v) is 15.9. The predicted molar refractivity (Wildman–Crippen MR) is 107 cm³/mol. The Morgan fingerprint density at radius 1 is 0.964 bits per heavy atom. The lowest BCUT2D eigenvalue weighted by molar-refractivity contribution is -0.145. The van der Waals surface area contributed by atoms with Crippen molar-refractivity contribution in [2.24, 2.45) is 0 Å². The van der Waals surface area contributed by atoms with Crippen molar-refractivity contribution in [3.05, 3.63) is 72.1 Å². The Labute approximate surface area is 164 Å². The lowest BCUT2D eigenvalue weighted by Gasteiger charge is -2.09. The minimum Gasteiger partial charge on any atom is -0.493 e. The normalized spacial score (nSPS) is 10.6. The van der Waals surface area contributed by atoms with E-state index in [0.717, 1.165) is 28.3 Å². The number of esters is 1. The molecule has 0 radical (unpaired) electrons. The lowest BCUT2D eigenvalue weighted by atomic mass is 10.1. The van der Waals surface area contributed by atoms with Crippen molar-refractivity contribution in [2.75, 3.05) is 6.61 Å². The number of hydrogen-bond acceptors (Lipinski definition) is 5. The SMILES string of the molecule is CC(=O)CCc1ccc(OCCC(=O)OCc2cncc3ccccc23)cc1. The third kappa shape index (κ3) is 5.64. The second-order valence-electron chi connectivity index (χ2n) is 6.62. The van der Waals surface area contributed by atoms with Crippen molar-refractivity contribution in [3.63, 3.8) is 0 Å². The maximum atomic E-state index is 12.0. The number of nitrogens with zero attached hydrogens (tertiary/aromatic N) is 1. The van der Waals surface area contributed by atoms with Gasteiger partial charge >= 0.3 is 5.97 Å². The highest BCUT2D eigenvalue weighted by atomic mass is 16.5. The van der Waals surface area contributed by atoms with E-state index in [1.807, 2.05) is 48.5 Å². The number of ether oxygens (including phenoxy) is 2. The van der Waals surface area contributed by atoms with Gasteiger partial charge in [0.2, 0.25) is 0 Å². The van der Waals surface area contributed by atoms with E-state index in [0.29, 0.717) is 12.2 Å². The molecular weight excluding hydrogens is 354 g/mol. The molecule has 0 unspecified atom stereocenters. The molecule has 1 heterocycles. The van der Waals surface area contributed by atoms with Gasteiger partial charge in [-0.2, -0.15) is 0 Å². The number of carbonyl (C=O) groups excluding carboxylic acids is 2. The molecule has 3 aromatic rings. The second kappa shape index (κ2) is 9.65. The summed E-state index contributed by atoms with van der Waals surface area (Å²) in [6.07, 6.45) is 4.95. The Hall–Kier alpha value is -3.21. The summed E-state index contributed by atoms with van der Waals surface area (Å²) < 4.78 is 11.0. The number of hydrogen-bond donors (Lipinski definition) is 0. The van der Waals surface area contributed by atoms with Gasteiger partial charge in [-0.3, -0.25) is 9.78 Å². The maximum absolute atomic E-state index is 12.0. The molecule has 0 bridgehead atoms. The van der Waals surface area contributed by atoms with Gasteiger partial charge in [0.1, 0.15) is 18.1 Å². The molecule has 0 amide bonds. The molecule has 0 N–H and O–H groups in total. The maximum Gasteiger partial charge on any atom is 0.309 e. The summed E-state index contributed by atoms with van der Waals surface area (Å²) in [4.78, 5) is 27.2. The summed E-state index contributed by atoms with van der Waals surface area (Å²) in [6.45, 7) is 2.03. The fourth-order valence-electron chi connectivity index (χ4n) is 2.85. The molecule has 0 spiro atoms. The van der Waals surface area contributed by atoms with Gasteiger partial charge in [-0.05, 0) is 36.4 Å². The van der Waals surface area contributed by atoms with E-state index in [4.69, 9.17) is 9.47 Å². The van der Waals surface area contributed by atoms with Gasteiger partial charge in [0, 0.05) is 29.8 Å². The van der Waals surface area contributed by atoms with Crippen LogP contribution in [0.5, 0.6) is 5.75 Å². The first-order valence-electron chi connectivity index (χ1n) is 9.30. The van der Waals surface area contributed by atoms with Crippen LogP contribution in [0, 0.1) is 0 Å². The molecule has 0 aliphatic heterocycles. The van der Waals surface area contributed by atoms with Crippen molar-refractivity contribution in [1.29, 1.82) is 0 Å². The molecule has 28 heavy (non-hydrogen) atoms. The molecular formula is C23H23NO4. The van der Waals surface area contributed by atoms with Gasteiger partial charge in [0.25, 0.3) is 0 Å². The van der Waals surface area contributed by atoms with E-state index >= 15 is 0 Å². The Morgan fingerprint density at radius 2 is 1.75 bits per heavy atom. The van der Waals surface area contributed by atoms with Crippen LogP contribution in [-0.2, 0) is 27.4 Å². The van der Waals surface area contributed by atoms with Crippen LogP contribution >= 0.6 is 0 Å². The van der Waals surface area contributed by atoms with E-state index in [-0.39, 0.29) is 31.4 Å². The minimum absolute atomic E-state index is 0.171. The fourth-order valence-corrected chi connectivity index (χ4v) is 2.85. The number of carbonyl (C=O) groups is 2. The van der Waals surface area contributed by atoms with Crippen LogP contribution in [0.4, 0.5) is 0 Å². The highest BCUT2D eigenvalue weighted by Gasteiger charge is 2.07. The monoisotopic (exact) mass is 377 g/mol. The highest BCUT2D eigenvalue weighted by Crippen LogP contribution is 2.18. The second-order valence-corrected chi connectivity index (χ2v) is 6.62. The smallest absolute Gasteiger partial charge is 0.309 e. The van der Waals surface area contributed by atoms with Crippen LogP contribution in [-0.4, -0.2) is 23.3 Å². The number of aryl methyl sites for hydroxylation is 1. The number of rotatable bonds is 9. The van der Waals surface area contributed by atoms with E-state index in [1.165, 1.54) is 0 Å². The Morgan fingerprint density at radius 3 is 2.54 bits per heavy atom. The van der Waals surface area contributed by atoms with E-state index in [2.05, 4.69) is 4.98 Å². The Bertz CT molecular complexity index is 945. The van der Waals surface area contributed by atoms with Crippen LogP contribution in [0.15, 0.2) is 60.9 Å². The first kappa shape index (κ1) is 19.5. The summed E-state index contributed by atoms with van der Waals surface area (Å²) in [5, 5.41) is 2.05. The van der Waals surface area contributed by atoms with Gasteiger partial charge in [0.15, 0.2) is 0 Å². The van der Waals surface area contributed by atoms with Crippen molar-refractivity contribution in [1.82, 2.24) is 4.98 Å². The fraction of sp³-hybridized carbons (Fsp3) is 0.261. The van der Waals surface area contributed by atoms with Crippen molar-refractivity contribution >= 4 is 22.5 Å². The zero-order valence-electron chi connectivity index (χ0n) is 15.9. The number of fused-ring (bicyclic) bond motifs is 1. The third-order valence-electron chi connectivity index (χ3n) is 4.40. The molecule has 0 aliphatic rings. The summed E-state index contributed by atoms with van der Waals surface area (Å²) in [6, 6.07) is 15.4. The average Bonchev–Trinajstić information content (AvgIpc) is 2.71. The molecule has 2 aromatic carbocycles. The van der Waals surface area contributed by atoms with Crippen molar-refractivity contribution in [3.8, 4) is 5.75 Å². The molecule has 0 fully saturated rings. The van der Waals surface area contributed by atoms with Crippen molar-refractivity contribution in [2.45, 2.75) is 32.8 Å². The van der Waals surface area contributed by atoms with Gasteiger partial charge in [0.05, 0.1) is 13.0 Å². The Kier molecular flexibility index (Phi) is 6.73. The quantitative estimate of drug-likeness (QED) is 0.521. The molecule has 0 saturated heterocycles. The summed E-state index contributed by atoms with van der Waals surface area (Å²) in [5.74, 6) is 0.557. The van der Waals surface area contributed by atoms with Gasteiger partial charge in [-0.25, -0.2) is 0 Å². The number of pyridine rings is 1. The minimum atomic E-state index is -0.314. The predicted octanol–water partition coefficient (Wildman–Crippen LogP) is 4.27. The van der Waals surface area contributed by atoms with Crippen LogP contribution in [0.25, 0.3) is 10.8 Å².